The summed E-state index contributed by atoms with van der Waals surface area (Å²) >= 11 is 0. The molecule has 1 atom stereocenters. The topological polar surface area (TPSA) is 82.1 Å². The average Bonchev–Trinajstić information content (AvgIpc) is 2.45. The summed E-state index contributed by atoms with van der Waals surface area (Å²) in [6.45, 7) is 5.76. The molecule has 0 amide bonds. The summed E-state index contributed by atoms with van der Waals surface area (Å²) in [4.78, 5) is 11.2. The largest absolute Gasteiger partial charge is 0.479 e. The Morgan fingerprint density at radius 3 is 1.91 bits per heavy atom. The molecule has 0 aromatic rings. The Kier molecular flexibility index (Phi) is 12.8. The van der Waals surface area contributed by atoms with E-state index in [9.17, 15) is 14.5 Å². The fraction of sp³-hybridized carbons (Fsp3) is 0.933. The van der Waals surface area contributed by atoms with Crippen LogP contribution in [0, 0.1) is 0 Å². The molecule has 1 unspecified atom stereocenters. The number of unbranched alkanes of at least 4 members (excludes halogenated alkanes) is 6. The van der Waals surface area contributed by atoms with Crippen LogP contribution in [-0.4, -0.2) is 30.4 Å². The van der Waals surface area contributed by atoms with Gasteiger partial charge in [0.1, 0.15) is 0 Å². The van der Waals surface area contributed by atoms with Crippen molar-refractivity contribution in [2.75, 3.05) is 13.2 Å². The monoisotopic (exact) mass is 338 g/mol. The molecule has 7 heteroatoms. The van der Waals surface area contributed by atoms with E-state index in [0.29, 0.717) is 6.42 Å². The van der Waals surface area contributed by atoms with E-state index in [2.05, 4.69) is 6.92 Å². The Labute approximate surface area is 134 Å². The van der Waals surface area contributed by atoms with Crippen molar-refractivity contribution in [1.29, 1.82) is 0 Å². The number of carbonyl (C=O) groups is 1. The van der Waals surface area contributed by atoms with Gasteiger partial charge in [0.2, 0.25) is 0 Å². The highest BCUT2D eigenvalue weighted by molar-refractivity contribution is 7.48. The maximum Gasteiger partial charge on any atom is 0.475 e. The van der Waals surface area contributed by atoms with Gasteiger partial charge < -0.3 is 5.11 Å². The number of hydrogen-bond acceptors (Lipinski definition) is 5. The first kappa shape index (κ1) is 21.6. The van der Waals surface area contributed by atoms with Crippen molar-refractivity contribution in [3.8, 4) is 0 Å². The Bertz CT molecular complexity index is 324. The molecule has 6 nitrogen and oxygen atoms in total. The maximum atomic E-state index is 12.2. The Morgan fingerprint density at radius 1 is 0.955 bits per heavy atom. The second-order valence-electron chi connectivity index (χ2n) is 5.13. The first-order valence-electron chi connectivity index (χ1n) is 8.29. The van der Waals surface area contributed by atoms with E-state index in [1.165, 1.54) is 25.7 Å². The zero-order valence-corrected chi connectivity index (χ0v) is 15.0. The van der Waals surface area contributed by atoms with Gasteiger partial charge in [-0.05, 0) is 20.3 Å². The summed E-state index contributed by atoms with van der Waals surface area (Å²) in [5.74, 6) is -1.13. The number of phosphoric ester groups is 1. The maximum absolute atomic E-state index is 12.2. The molecule has 0 heterocycles. The van der Waals surface area contributed by atoms with E-state index in [1.807, 2.05) is 0 Å². The van der Waals surface area contributed by atoms with Crippen LogP contribution < -0.4 is 0 Å². The van der Waals surface area contributed by atoms with Crippen LogP contribution in [-0.2, 0) is 22.9 Å². The van der Waals surface area contributed by atoms with Gasteiger partial charge >= 0.3 is 13.8 Å². The third kappa shape index (κ3) is 10.3. The van der Waals surface area contributed by atoms with E-state index in [-0.39, 0.29) is 13.2 Å². The van der Waals surface area contributed by atoms with Gasteiger partial charge in [-0.1, -0.05) is 51.9 Å². The summed E-state index contributed by atoms with van der Waals surface area (Å²) in [5, 5.41) is 9.19. The molecule has 0 aromatic carbocycles. The molecule has 0 aliphatic carbocycles. The molecule has 0 rings (SSSR count). The first-order chi connectivity index (χ1) is 10.5. The molecule has 0 saturated heterocycles. The van der Waals surface area contributed by atoms with Crippen molar-refractivity contribution in [3.05, 3.63) is 0 Å². The van der Waals surface area contributed by atoms with Crippen molar-refractivity contribution >= 4 is 13.8 Å². The molecule has 0 aromatic heterocycles. The highest BCUT2D eigenvalue weighted by atomic mass is 31.2. The molecule has 0 radical (unpaired) electrons. The molecular formula is C15H31O6P. The first-order valence-corrected chi connectivity index (χ1v) is 9.75. The van der Waals surface area contributed by atoms with Crippen molar-refractivity contribution in [3.63, 3.8) is 0 Å². The summed E-state index contributed by atoms with van der Waals surface area (Å²) in [5.41, 5.74) is 0. The Morgan fingerprint density at radius 2 is 1.45 bits per heavy atom. The minimum atomic E-state index is -3.78. The third-order valence-electron chi connectivity index (χ3n) is 3.18. The van der Waals surface area contributed by atoms with E-state index in [1.54, 1.807) is 13.8 Å². The van der Waals surface area contributed by atoms with Gasteiger partial charge in [0.15, 0.2) is 6.10 Å². The fourth-order valence-corrected chi connectivity index (χ4v) is 3.41. The lowest BCUT2D eigenvalue weighted by atomic mass is 10.1. The van der Waals surface area contributed by atoms with Crippen molar-refractivity contribution in [2.24, 2.45) is 0 Å². The highest BCUT2D eigenvalue weighted by Crippen LogP contribution is 2.50. The molecule has 0 saturated carbocycles. The number of hydrogen-bond donors (Lipinski definition) is 1. The van der Waals surface area contributed by atoms with Crippen LogP contribution in [0.1, 0.15) is 72.1 Å². The molecule has 0 aliphatic heterocycles. The summed E-state index contributed by atoms with van der Waals surface area (Å²) in [6, 6.07) is 0. The van der Waals surface area contributed by atoms with Gasteiger partial charge in [0.05, 0.1) is 13.2 Å². The predicted octanol–water partition coefficient (Wildman–Crippen LogP) is 4.78. The zero-order valence-electron chi connectivity index (χ0n) is 14.1. The molecule has 0 fully saturated rings. The molecule has 132 valence electrons. The molecule has 0 spiro atoms. The summed E-state index contributed by atoms with van der Waals surface area (Å²) < 4.78 is 27.3. The van der Waals surface area contributed by atoms with Crippen LogP contribution in [0.2, 0.25) is 0 Å². The van der Waals surface area contributed by atoms with Crippen LogP contribution in [0.4, 0.5) is 0 Å². The van der Waals surface area contributed by atoms with Gasteiger partial charge in [0.25, 0.3) is 0 Å². The van der Waals surface area contributed by atoms with E-state index in [4.69, 9.17) is 13.6 Å². The molecule has 0 aliphatic rings. The molecule has 1 N–H and O–H groups in total. The lowest BCUT2D eigenvalue weighted by Gasteiger charge is -2.20. The van der Waals surface area contributed by atoms with Crippen LogP contribution in [0.3, 0.4) is 0 Å². The molecule has 0 bridgehead atoms. The number of carboxylic acid groups (broad SMARTS) is 1. The van der Waals surface area contributed by atoms with Crippen LogP contribution in [0.15, 0.2) is 0 Å². The number of aliphatic carboxylic acids is 1. The third-order valence-corrected chi connectivity index (χ3v) is 4.84. The van der Waals surface area contributed by atoms with E-state index < -0.39 is 19.9 Å². The molecule has 22 heavy (non-hydrogen) atoms. The smallest absolute Gasteiger partial charge is 0.475 e. The van der Waals surface area contributed by atoms with Crippen LogP contribution >= 0.6 is 7.82 Å². The average molecular weight is 338 g/mol. The second-order valence-corrected chi connectivity index (χ2v) is 6.75. The minimum absolute atomic E-state index is 0.140. The van der Waals surface area contributed by atoms with Gasteiger partial charge in [-0.3, -0.25) is 13.6 Å². The highest BCUT2D eigenvalue weighted by Gasteiger charge is 2.33. The summed E-state index contributed by atoms with van der Waals surface area (Å²) in [7, 11) is -3.78. The van der Waals surface area contributed by atoms with E-state index >= 15 is 0 Å². The second kappa shape index (κ2) is 13.1. The van der Waals surface area contributed by atoms with Crippen molar-refractivity contribution in [2.45, 2.75) is 78.2 Å². The number of carboxylic acids is 1. The van der Waals surface area contributed by atoms with Gasteiger partial charge in [-0.2, -0.15) is 0 Å². The minimum Gasteiger partial charge on any atom is -0.479 e. The standard InChI is InChI=1S/C15H31O6P/c1-4-7-8-9-10-11-12-13-14(15(16)17)21-22(18,19-5-2)20-6-3/h14H,4-13H2,1-3H3,(H,16,17). The van der Waals surface area contributed by atoms with Crippen LogP contribution in [0.5, 0.6) is 0 Å². The Balaban J connectivity index is 4.19. The lowest BCUT2D eigenvalue weighted by Crippen LogP contribution is -2.23. The number of rotatable bonds is 15. The van der Waals surface area contributed by atoms with E-state index in [0.717, 1.165) is 19.3 Å². The fourth-order valence-electron chi connectivity index (χ4n) is 2.08. The Hall–Kier alpha value is -0.420. The van der Waals surface area contributed by atoms with Gasteiger partial charge in [0, 0.05) is 0 Å². The van der Waals surface area contributed by atoms with Gasteiger partial charge in [-0.25, -0.2) is 9.36 Å². The number of phosphoric acid groups is 1. The zero-order chi connectivity index (χ0) is 16.8. The lowest BCUT2D eigenvalue weighted by molar-refractivity contribution is -0.146. The van der Waals surface area contributed by atoms with Crippen LogP contribution in [0.25, 0.3) is 0 Å². The van der Waals surface area contributed by atoms with Crippen molar-refractivity contribution in [1.82, 2.24) is 0 Å². The quantitative estimate of drug-likeness (QED) is 0.342. The predicted molar refractivity (Wildman–Crippen MR) is 86.0 cm³/mol. The molecular weight excluding hydrogens is 307 g/mol. The van der Waals surface area contributed by atoms with Crippen molar-refractivity contribution < 1.29 is 28.0 Å². The van der Waals surface area contributed by atoms with Gasteiger partial charge in [-0.15, -0.1) is 0 Å². The summed E-state index contributed by atoms with van der Waals surface area (Å²) in [6.07, 6.45) is 6.76. The normalized spacial score (nSPS) is 13.2. The SMILES string of the molecule is CCCCCCCCCC(OP(=O)(OCC)OCC)C(=O)O.